The van der Waals surface area contributed by atoms with Gasteiger partial charge in [0.15, 0.2) is 0 Å². The summed E-state index contributed by atoms with van der Waals surface area (Å²) in [4.78, 5) is 11.9. The first-order valence-corrected chi connectivity index (χ1v) is 4.49. The summed E-state index contributed by atoms with van der Waals surface area (Å²) in [5.74, 6) is 0.211. The summed E-state index contributed by atoms with van der Waals surface area (Å²) in [6.45, 7) is 1.08. The average molecular weight is 188 g/mol. The van der Waals surface area contributed by atoms with Crippen LogP contribution in [0, 0.1) is 5.92 Å². The summed E-state index contributed by atoms with van der Waals surface area (Å²) >= 11 is 0. The maximum Gasteiger partial charge on any atom is 0.407 e. The number of nitrogens with two attached hydrogens (primary N) is 1. The van der Waals surface area contributed by atoms with Crippen molar-refractivity contribution in [2.75, 3.05) is 19.7 Å². The fraction of sp³-hybridized carbons (Fsp3) is 0.875. The number of carboxylic acid groups (broad SMARTS) is 1. The lowest BCUT2D eigenvalue weighted by atomic mass is 9.99. The molecule has 0 aliphatic carbocycles. The molecule has 0 radical (unpaired) electrons. The third-order valence-electron chi connectivity index (χ3n) is 2.50. The number of rotatable bonds is 3. The Kier molecular flexibility index (Phi) is 3.50. The van der Waals surface area contributed by atoms with Gasteiger partial charge in [0.2, 0.25) is 0 Å². The van der Waals surface area contributed by atoms with Crippen LogP contribution in [0.3, 0.4) is 0 Å². The zero-order valence-electron chi connectivity index (χ0n) is 7.52. The van der Waals surface area contributed by atoms with Crippen LogP contribution in [-0.2, 0) is 0 Å². The molecule has 1 aliphatic rings. The highest BCUT2D eigenvalue weighted by Gasteiger charge is 2.31. The molecule has 76 valence electrons. The highest BCUT2D eigenvalue weighted by atomic mass is 16.4. The van der Waals surface area contributed by atoms with Gasteiger partial charge in [0.25, 0.3) is 0 Å². The topological polar surface area (TPSA) is 86.8 Å². The van der Waals surface area contributed by atoms with Crippen LogP contribution >= 0.6 is 0 Å². The lowest BCUT2D eigenvalue weighted by molar-refractivity contribution is 0.153. The number of likely N-dealkylation sites (tertiary alicyclic amines) is 1. The van der Waals surface area contributed by atoms with Crippen LogP contribution in [0.5, 0.6) is 0 Å². The molecule has 2 atom stereocenters. The SMILES string of the molecule is NC1CN(C(=O)O)CC1CCCO. The van der Waals surface area contributed by atoms with Crippen LogP contribution in [0.15, 0.2) is 0 Å². The molecule has 0 aromatic heterocycles. The second-order valence-electron chi connectivity index (χ2n) is 3.48. The Morgan fingerprint density at radius 3 is 2.69 bits per heavy atom. The smallest absolute Gasteiger partial charge is 0.407 e. The summed E-state index contributed by atoms with van der Waals surface area (Å²) in [5, 5.41) is 17.3. The summed E-state index contributed by atoms with van der Waals surface area (Å²) < 4.78 is 0. The highest BCUT2D eigenvalue weighted by molar-refractivity contribution is 5.65. The van der Waals surface area contributed by atoms with Gasteiger partial charge in [-0.05, 0) is 18.8 Å². The van der Waals surface area contributed by atoms with Crippen molar-refractivity contribution in [3.05, 3.63) is 0 Å². The summed E-state index contributed by atoms with van der Waals surface area (Å²) in [6, 6.07) is -0.0670. The number of carbonyl (C=O) groups is 1. The van der Waals surface area contributed by atoms with Crippen molar-refractivity contribution in [2.24, 2.45) is 11.7 Å². The Balaban J connectivity index is 2.37. The normalized spacial score (nSPS) is 28.0. The Labute approximate surface area is 77.1 Å². The Morgan fingerprint density at radius 1 is 1.54 bits per heavy atom. The lowest BCUT2D eigenvalue weighted by Gasteiger charge is -2.12. The number of hydrogen-bond acceptors (Lipinski definition) is 3. The van der Waals surface area contributed by atoms with Crippen LogP contribution < -0.4 is 5.73 Å². The fourth-order valence-electron chi connectivity index (χ4n) is 1.71. The van der Waals surface area contributed by atoms with Crippen molar-refractivity contribution < 1.29 is 15.0 Å². The van der Waals surface area contributed by atoms with Crippen molar-refractivity contribution >= 4 is 6.09 Å². The average Bonchev–Trinajstić information content (AvgIpc) is 2.44. The minimum atomic E-state index is -0.901. The molecule has 2 unspecified atom stereocenters. The first-order valence-electron chi connectivity index (χ1n) is 4.49. The van der Waals surface area contributed by atoms with Gasteiger partial charge in [-0.25, -0.2) is 4.79 Å². The van der Waals surface area contributed by atoms with Crippen LogP contribution in [0.1, 0.15) is 12.8 Å². The van der Waals surface area contributed by atoms with Crippen LogP contribution in [0.2, 0.25) is 0 Å². The predicted octanol–water partition coefficient (Wildman–Crippen LogP) is -0.304. The quantitative estimate of drug-likeness (QED) is 0.567. The molecule has 0 aromatic rings. The van der Waals surface area contributed by atoms with Crippen molar-refractivity contribution in [3.8, 4) is 0 Å². The van der Waals surface area contributed by atoms with E-state index < -0.39 is 6.09 Å². The van der Waals surface area contributed by atoms with Gasteiger partial charge in [-0.2, -0.15) is 0 Å². The maximum atomic E-state index is 10.6. The minimum absolute atomic E-state index is 0.0670. The Morgan fingerprint density at radius 2 is 2.23 bits per heavy atom. The Bertz CT molecular complexity index is 186. The molecule has 5 nitrogen and oxygen atoms in total. The highest BCUT2D eigenvalue weighted by Crippen LogP contribution is 2.19. The van der Waals surface area contributed by atoms with E-state index in [1.54, 1.807) is 0 Å². The molecule has 1 saturated heterocycles. The molecular weight excluding hydrogens is 172 g/mol. The number of amides is 1. The number of aliphatic hydroxyl groups excluding tert-OH is 1. The molecule has 1 rings (SSSR count). The molecule has 0 bridgehead atoms. The van der Waals surface area contributed by atoms with E-state index in [1.165, 1.54) is 4.90 Å². The largest absolute Gasteiger partial charge is 0.465 e. The van der Waals surface area contributed by atoms with Gasteiger partial charge >= 0.3 is 6.09 Å². The van der Waals surface area contributed by atoms with E-state index in [4.69, 9.17) is 15.9 Å². The second kappa shape index (κ2) is 4.43. The number of nitrogens with zero attached hydrogens (tertiary/aromatic N) is 1. The third kappa shape index (κ3) is 2.57. The molecule has 1 heterocycles. The molecule has 0 saturated carbocycles. The van der Waals surface area contributed by atoms with Crippen molar-refractivity contribution in [2.45, 2.75) is 18.9 Å². The zero-order chi connectivity index (χ0) is 9.84. The predicted molar refractivity (Wildman–Crippen MR) is 47.4 cm³/mol. The minimum Gasteiger partial charge on any atom is -0.465 e. The fourth-order valence-corrected chi connectivity index (χ4v) is 1.71. The van der Waals surface area contributed by atoms with Gasteiger partial charge in [-0.15, -0.1) is 0 Å². The monoisotopic (exact) mass is 188 g/mol. The van der Waals surface area contributed by atoms with E-state index >= 15 is 0 Å². The van der Waals surface area contributed by atoms with E-state index in [0.29, 0.717) is 19.5 Å². The molecule has 1 fully saturated rings. The van der Waals surface area contributed by atoms with Crippen molar-refractivity contribution in [1.82, 2.24) is 4.90 Å². The van der Waals surface area contributed by atoms with Crippen LogP contribution in [0.4, 0.5) is 4.79 Å². The van der Waals surface area contributed by atoms with Gasteiger partial charge in [0.1, 0.15) is 0 Å². The van der Waals surface area contributed by atoms with Crippen molar-refractivity contribution in [1.29, 1.82) is 0 Å². The summed E-state index contributed by atoms with van der Waals surface area (Å²) in [7, 11) is 0. The number of hydrogen-bond donors (Lipinski definition) is 3. The van der Waals surface area contributed by atoms with Gasteiger partial charge in [0, 0.05) is 25.7 Å². The molecule has 0 aromatic carbocycles. The molecular formula is C8H16N2O3. The van der Waals surface area contributed by atoms with Gasteiger partial charge < -0.3 is 20.8 Å². The molecule has 13 heavy (non-hydrogen) atoms. The first kappa shape index (κ1) is 10.3. The van der Waals surface area contributed by atoms with Crippen LogP contribution in [0.25, 0.3) is 0 Å². The van der Waals surface area contributed by atoms with E-state index in [9.17, 15) is 4.79 Å². The van der Waals surface area contributed by atoms with E-state index in [2.05, 4.69) is 0 Å². The summed E-state index contributed by atoms with van der Waals surface area (Å²) in [6.07, 6.45) is 0.606. The van der Waals surface area contributed by atoms with E-state index in [0.717, 1.165) is 6.42 Å². The van der Waals surface area contributed by atoms with Crippen molar-refractivity contribution in [3.63, 3.8) is 0 Å². The maximum absolute atomic E-state index is 10.6. The van der Waals surface area contributed by atoms with E-state index in [-0.39, 0.29) is 18.6 Å². The standard InChI is InChI=1S/C8H16N2O3/c9-7-5-10(8(12)13)4-6(7)2-1-3-11/h6-7,11H,1-5,9H2,(H,12,13). The Hall–Kier alpha value is -0.810. The van der Waals surface area contributed by atoms with Gasteiger partial charge in [-0.1, -0.05) is 0 Å². The molecule has 1 amide bonds. The molecule has 0 spiro atoms. The van der Waals surface area contributed by atoms with Gasteiger partial charge in [0.05, 0.1) is 0 Å². The molecule has 1 aliphatic heterocycles. The lowest BCUT2D eigenvalue weighted by Crippen LogP contribution is -2.31. The summed E-state index contributed by atoms with van der Waals surface area (Å²) in [5.41, 5.74) is 5.76. The van der Waals surface area contributed by atoms with Gasteiger partial charge in [-0.3, -0.25) is 0 Å². The second-order valence-corrected chi connectivity index (χ2v) is 3.48. The van der Waals surface area contributed by atoms with Crippen LogP contribution in [-0.4, -0.2) is 46.9 Å². The number of aliphatic hydroxyl groups is 1. The zero-order valence-corrected chi connectivity index (χ0v) is 7.52. The first-order chi connectivity index (χ1) is 6.15. The molecule has 4 N–H and O–H groups in total. The van der Waals surface area contributed by atoms with E-state index in [1.807, 2.05) is 0 Å². The molecule has 5 heteroatoms. The third-order valence-corrected chi connectivity index (χ3v) is 2.50.